The lowest BCUT2D eigenvalue weighted by Gasteiger charge is -2.35. The number of carbonyl (C=O) groups excluding carboxylic acids is 2. The van der Waals surface area contributed by atoms with Gasteiger partial charge in [-0.3, -0.25) is 13.9 Å². The predicted molar refractivity (Wildman–Crippen MR) is 194 cm³/mol. The highest BCUT2D eigenvalue weighted by molar-refractivity contribution is 7.98. The molecule has 4 aromatic rings. The fraction of sp³-hybridized carbons (Fsp3) is 0.316. The third kappa shape index (κ3) is 9.87. The Hall–Kier alpha value is -4.28. The van der Waals surface area contributed by atoms with Gasteiger partial charge in [0.15, 0.2) is 0 Å². The van der Waals surface area contributed by atoms with Crippen molar-refractivity contribution in [3.8, 4) is 5.75 Å². The molecule has 4 rings (SSSR count). The van der Waals surface area contributed by atoms with Gasteiger partial charge < -0.3 is 15.0 Å². The molecule has 10 heteroatoms. The van der Waals surface area contributed by atoms with Crippen LogP contribution in [0.1, 0.15) is 44.4 Å². The van der Waals surface area contributed by atoms with Gasteiger partial charge in [0.25, 0.3) is 10.0 Å². The van der Waals surface area contributed by atoms with Gasteiger partial charge in [-0.2, -0.15) is 0 Å². The first-order chi connectivity index (χ1) is 22.8. The van der Waals surface area contributed by atoms with Crippen molar-refractivity contribution in [2.45, 2.75) is 69.0 Å². The minimum absolute atomic E-state index is 0.0542. The molecule has 0 aliphatic heterocycles. The summed E-state index contributed by atoms with van der Waals surface area (Å²) in [7, 11) is -4.21. The lowest BCUT2D eigenvalue weighted by atomic mass is 10.0. The average Bonchev–Trinajstić information content (AvgIpc) is 3.05. The van der Waals surface area contributed by atoms with Gasteiger partial charge >= 0.3 is 0 Å². The summed E-state index contributed by atoms with van der Waals surface area (Å²) in [5.41, 5.74) is 2.44. The maximum Gasteiger partial charge on any atom is 0.264 e. The van der Waals surface area contributed by atoms with Gasteiger partial charge in [0.2, 0.25) is 11.8 Å². The number of rotatable bonds is 14. The summed E-state index contributed by atoms with van der Waals surface area (Å²) in [6.07, 6.45) is 2.16. The monoisotopic (exact) mass is 687 g/mol. The molecular formula is C38H45N3O5S2. The molecule has 4 aromatic carbocycles. The Kier molecular flexibility index (Phi) is 12.3. The Morgan fingerprint density at radius 2 is 1.52 bits per heavy atom. The first kappa shape index (κ1) is 36.6. The van der Waals surface area contributed by atoms with Gasteiger partial charge in [0.1, 0.15) is 18.3 Å². The second-order valence-electron chi connectivity index (χ2n) is 12.6. The molecule has 0 aliphatic rings. The first-order valence-electron chi connectivity index (χ1n) is 15.9. The Morgan fingerprint density at radius 1 is 0.875 bits per heavy atom. The van der Waals surface area contributed by atoms with Gasteiger partial charge in [0.05, 0.1) is 17.2 Å². The number of aryl methyl sites for hydroxylation is 1. The molecular weight excluding hydrogens is 643 g/mol. The van der Waals surface area contributed by atoms with E-state index in [4.69, 9.17) is 4.74 Å². The van der Waals surface area contributed by atoms with E-state index in [0.717, 1.165) is 25.9 Å². The molecule has 48 heavy (non-hydrogen) atoms. The third-order valence-corrected chi connectivity index (χ3v) is 10.1. The number of amides is 2. The Labute approximate surface area is 289 Å². The molecule has 0 heterocycles. The van der Waals surface area contributed by atoms with E-state index >= 15 is 0 Å². The number of nitrogens with one attached hydrogen (secondary N) is 1. The molecule has 254 valence electrons. The number of hydrogen-bond donors (Lipinski definition) is 1. The lowest BCUT2D eigenvalue weighted by molar-refractivity contribution is -0.140. The lowest BCUT2D eigenvalue weighted by Crippen LogP contribution is -2.56. The van der Waals surface area contributed by atoms with Crippen LogP contribution in [0.2, 0.25) is 0 Å². The molecule has 1 N–H and O–H groups in total. The number of benzene rings is 4. The van der Waals surface area contributed by atoms with Crippen molar-refractivity contribution in [3.05, 3.63) is 120 Å². The quantitative estimate of drug-likeness (QED) is 0.146. The van der Waals surface area contributed by atoms with Gasteiger partial charge in [-0.05, 0) is 101 Å². The normalized spacial score (nSPS) is 12.2. The van der Waals surface area contributed by atoms with Crippen LogP contribution in [0.5, 0.6) is 5.75 Å². The van der Waals surface area contributed by atoms with E-state index in [-0.39, 0.29) is 23.8 Å². The summed E-state index contributed by atoms with van der Waals surface area (Å²) in [5.74, 6) is -0.257. The predicted octanol–water partition coefficient (Wildman–Crippen LogP) is 6.87. The number of carbonyl (C=O) groups is 2. The van der Waals surface area contributed by atoms with Crippen LogP contribution >= 0.6 is 11.8 Å². The maximum atomic E-state index is 14.7. The highest BCUT2D eigenvalue weighted by Gasteiger charge is 2.35. The summed E-state index contributed by atoms with van der Waals surface area (Å²) >= 11 is 1.50. The molecule has 0 aliphatic carbocycles. The summed E-state index contributed by atoms with van der Waals surface area (Å²) in [6, 6.07) is 29.5. The molecule has 2 amide bonds. The van der Waals surface area contributed by atoms with E-state index in [2.05, 4.69) is 5.32 Å². The topological polar surface area (TPSA) is 96.0 Å². The van der Waals surface area contributed by atoms with Crippen molar-refractivity contribution in [3.63, 3.8) is 0 Å². The Bertz CT molecular complexity index is 1770. The van der Waals surface area contributed by atoms with Crippen molar-refractivity contribution in [1.82, 2.24) is 10.2 Å². The van der Waals surface area contributed by atoms with Gasteiger partial charge in [0, 0.05) is 23.4 Å². The van der Waals surface area contributed by atoms with Crippen LogP contribution in [0.4, 0.5) is 5.69 Å². The standard InChI is InChI=1S/C38H45N3O5S2/c1-7-46-32-18-16-31(17-19-32)41(48(44,45)34-22-20-33(47-6)21-23-34)27-36(42)40(26-30-15-11-12-28(2)24-30)35(37(43)39-38(3,4)5)25-29-13-9-8-10-14-29/h8-24,35H,7,25-27H2,1-6H3,(H,39,43)/t35-/m1/s1. The number of anilines is 1. The molecule has 0 saturated heterocycles. The van der Waals surface area contributed by atoms with E-state index in [1.807, 2.05) is 95.5 Å². The highest BCUT2D eigenvalue weighted by Crippen LogP contribution is 2.28. The molecule has 1 atom stereocenters. The van der Waals surface area contributed by atoms with E-state index in [0.29, 0.717) is 18.0 Å². The summed E-state index contributed by atoms with van der Waals surface area (Å²) in [5, 5.41) is 3.06. The van der Waals surface area contributed by atoms with Crippen LogP contribution in [-0.4, -0.2) is 56.1 Å². The Morgan fingerprint density at radius 3 is 2.10 bits per heavy atom. The van der Waals surface area contributed by atoms with Crippen molar-refractivity contribution in [1.29, 1.82) is 0 Å². The number of hydrogen-bond acceptors (Lipinski definition) is 6. The largest absolute Gasteiger partial charge is 0.494 e. The third-order valence-electron chi connectivity index (χ3n) is 7.57. The zero-order valence-corrected chi connectivity index (χ0v) is 30.1. The molecule has 0 unspecified atom stereocenters. The summed E-state index contributed by atoms with van der Waals surface area (Å²) in [6.45, 7) is 9.53. The summed E-state index contributed by atoms with van der Waals surface area (Å²) in [4.78, 5) is 31.2. The van der Waals surface area contributed by atoms with Crippen molar-refractivity contribution < 1.29 is 22.7 Å². The smallest absolute Gasteiger partial charge is 0.264 e. The SMILES string of the molecule is CCOc1ccc(N(CC(=O)N(Cc2cccc(C)c2)[C@H](Cc2ccccc2)C(=O)NC(C)(C)C)S(=O)(=O)c2ccc(SC)cc2)cc1. The molecule has 0 fully saturated rings. The zero-order valence-electron chi connectivity index (χ0n) is 28.5. The van der Waals surface area contributed by atoms with Gasteiger partial charge in [-0.25, -0.2) is 8.42 Å². The van der Waals surface area contributed by atoms with Crippen molar-refractivity contribution in [2.75, 3.05) is 23.7 Å². The average molecular weight is 688 g/mol. The van der Waals surface area contributed by atoms with E-state index in [1.165, 1.54) is 16.7 Å². The van der Waals surface area contributed by atoms with Crippen LogP contribution in [0.15, 0.2) is 113 Å². The van der Waals surface area contributed by atoms with Gasteiger partial charge in [-0.15, -0.1) is 11.8 Å². The molecule has 0 saturated carbocycles. The number of nitrogens with zero attached hydrogens (tertiary/aromatic N) is 2. The van der Waals surface area contributed by atoms with Crippen LogP contribution in [0.25, 0.3) is 0 Å². The van der Waals surface area contributed by atoms with E-state index in [1.54, 1.807) is 48.5 Å². The molecule has 8 nitrogen and oxygen atoms in total. The fourth-order valence-corrected chi connectivity index (χ4v) is 7.12. The van der Waals surface area contributed by atoms with E-state index in [9.17, 15) is 18.0 Å². The number of sulfonamides is 1. The minimum atomic E-state index is -4.21. The molecule has 0 bridgehead atoms. The molecule has 0 aromatic heterocycles. The van der Waals surface area contributed by atoms with Gasteiger partial charge in [-0.1, -0.05) is 60.2 Å². The highest BCUT2D eigenvalue weighted by atomic mass is 32.2. The number of ether oxygens (including phenoxy) is 1. The second-order valence-corrected chi connectivity index (χ2v) is 15.3. The fourth-order valence-electron chi connectivity index (χ4n) is 5.29. The number of thioether (sulfide) groups is 1. The second kappa shape index (κ2) is 16.2. The summed E-state index contributed by atoms with van der Waals surface area (Å²) < 4.78 is 35.4. The van der Waals surface area contributed by atoms with Crippen LogP contribution in [0.3, 0.4) is 0 Å². The Balaban J connectivity index is 1.82. The minimum Gasteiger partial charge on any atom is -0.494 e. The first-order valence-corrected chi connectivity index (χ1v) is 18.6. The zero-order chi connectivity index (χ0) is 34.9. The van der Waals surface area contributed by atoms with Crippen LogP contribution in [-0.2, 0) is 32.6 Å². The molecule has 0 spiro atoms. The van der Waals surface area contributed by atoms with Crippen molar-refractivity contribution >= 4 is 39.3 Å². The maximum absolute atomic E-state index is 14.7. The van der Waals surface area contributed by atoms with Crippen molar-refractivity contribution in [2.24, 2.45) is 0 Å². The van der Waals surface area contributed by atoms with Crippen LogP contribution in [0, 0.1) is 6.92 Å². The molecule has 0 radical (unpaired) electrons. The van der Waals surface area contributed by atoms with Crippen LogP contribution < -0.4 is 14.4 Å². The van der Waals surface area contributed by atoms with E-state index < -0.39 is 34.1 Å².